The van der Waals surface area contributed by atoms with Crippen molar-refractivity contribution in [2.45, 2.75) is 26.5 Å². The minimum Gasteiger partial charge on any atom is -0.387 e. The lowest BCUT2D eigenvalue weighted by Gasteiger charge is -2.11. The van der Waals surface area contributed by atoms with Crippen molar-refractivity contribution in [2.75, 3.05) is 0 Å². The molecule has 0 aliphatic rings. The van der Waals surface area contributed by atoms with Gasteiger partial charge >= 0.3 is 5.82 Å². The molecule has 1 aromatic carbocycles. The van der Waals surface area contributed by atoms with E-state index in [1.165, 1.54) is 6.20 Å². The molecular weight excluding hydrogens is 246 g/mol. The minimum absolute atomic E-state index is 0.200. The normalized spacial score (nSPS) is 12.4. The number of hydrogen-bond acceptors (Lipinski definition) is 4. The van der Waals surface area contributed by atoms with Gasteiger partial charge in [0.1, 0.15) is 6.20 Å². The number of aromatic nitrogens is 2. The number of nitro groups is 1. The summed E-state index contributed by atoms with van der Waals surface area (Å²) in [4.78, 5) is 13.9. The summed E-state index contributed by atoms with van der Waals surface area (Å²) in [6.45, 7) is 3.89. The highest BCUT2D eigenvalue weighted by Crippen LogP contribution is 2.18. The molecule has 0 amide bonds. The first-order chi connectivity index (χ1) is 8.97. The van der Waals surface area contributed by atoms with Crippen LogP contribution in [-0.4, -0.2) is 19.6 Å². The highest BCUT2D eigenvalue weighted by atomic mass is 16.6. The summed E-state index contributed by atoms with van der Waals surface area (Å²) < 4.78 is 1.59. The number of aryl methyl sites for hydroxylation is 2. The molecular formula is C13H15N3O3. The molecule has 19 heavy (non-hydrogen) atoms. The Kier molecular flexibility index (Phi) is 3.62. The van der Waals surface area contributed by atoms with Crippen molar-refractivity contribution in [1.29, 1.82) is 0 Å². The number of imidazole rings is 1. The van der Waals surface area contributed by atoms with Gasteiger partial charge in [-0.3, -0.25) is 0 Å². The summed E-state index contributed by atoms with van der Waals surface area (Å²) >= 11 is 0. The van der Waals surface area contributed by atoms with Crippen LogP contribution in [0.15, 0.2) is 30.5 Å². The number of benzene rings is 1. The van der Waals surface area contributed by atoms with Crippen molar-refractivity contribution in [3.05, 3.63) is 57.5 Å². The van der Waals surface area contributed by atoms with Crippen LogP contribution < -0.4 is 0 Å². The predicted octanol–water partition coefficient (Wildman–Crippen LogP) is 2.14. The van der Waals surface area contributed by atoms with Gasteiger partial charge in [-0.05, 0) is 22.4 Å². The fourth-order valence-electron chi connectivity index (χ4n) is 1.84. The topological polar surface area (TPSA) is 81.2 Å². The largest absolute Gasteiger partial charge is 0.387 e. The lowest BCUT2D eigenvalue weighted by molar-refractivity contribution is -0.389. The van der Waals surface area contributed by atoms with E-state index in [0.29, 0.717) is 5.82 Å². The van der Waals surface area contributed by atoms with E-state index in [1.807, 2.05) is 31.2 Å². The van der Waals surface area contributed by atoms with Gasteiger partial charge in [-0.15, -0.1) is 0 Å². The van der Waals surface area contributed by atoms with Crippen molar-refractivity contribution in [1.82, 2.24) is 9.55 Å². The fourth-order valence-corrected chi connectivity index (χ4v) is 1.84. The summed E-state index contributed by atoms with van der Waals surface area (Å²) in [5, 5.41) is 20.7. The van der Waals surface area contributed by atoms with E-state index in [0.717, 1.165) is 11.1 Å². The maximum absolute atomic E-state index is 10.6. The van der Waals surface area contributed by atoms with Crippen LogP contribution in [0.1, 0.15) is 23.1 Å². The molecule has 0 radical (unpaired) electrons. The van der Waals surface area contributed by atoms with E-state index >= 15 is 0 Å². The molecule has 0 unspecified atom stereocenters. The van der Waals surface area contributed by atoms with E-state index in [-0.39, 0.29) is 12.4 Å². The zero-order chi connectivity index (χ0) is 14.0. The molecule has 0 saturated carbocycles. The minimum atomic E-state index is -0.715. The monoisotopic (exact) mass is 261 g/mol. The average molecular weight is 261 g/mol. The van der Waals surface area contributed by atoms with Crippen LogP contribution in [0.2, 0.25) is 0 Å². The van der Waals surface area contributed by atoms with E-state index in [2.05, 4.69) is 4.98 Å². The molecule has 0 saturated heterocycles. The Balaban J connectivity index is 2.16. The van der Waals surface area contributed by atoms with Gasteiger partial charge in [0.2, 0.25) is 5.82 Å². The smallest absolute Gasteiger partial charge is 0.381 e. The molecule has 1 atom stereocenters. The summed E-state index contributed by atoms with van der Waals surface area (Å²) in [6, 6.07) is 7.53. The third kappa shape index (κ3) is 2.97. The van der Waals surface area contributed by atoms with Crippen LogP contribution in [0, 0.1) is 24.0 Å². The molecule has 1 heterocycles. The van der Waals surface area contributed by atoms with Crippen LogP contribution in [0.25, 0.3) is 0 Å². The average Bonchev–Trinajstić information content (AvgIpc) is 2.72. The first-order valence-electron chi connectivity index (χ1n) is 5.90. The van der Waals surface area contributed by atoms with Gasteiger partial charge < -0.3 is 19.8 Å². The molecule has 0 spiro atoms. The lowest BCUT2D eigenvalue weighted by Crippen LogP contribution is -2.09. The molecule has 0 aliphatic carbocycles. The Morgan fingerprint density at radius 1 is 1.37 bits per heavy atom. The molecule has 2 aromatic rings. The molecule has 0 bridgehead atoms. The highest BCUT2D eigenvalue weighted by Gasteiger charge is 2.17. The van der Waals surface area contributed by atoms with Crippen molar-refractivity contribution in [2.24, 2.45) is 0 Å². The second-order valence-corrected chi connectivity index (χ2v) is 4.48. The van der Waals surface area contributed by atoms with Crippen LogP contribution in [0.5, 0.6) is 0 Å². The van der Waals surface area contributed by atoms with Crippen molar-refractivity contribution >= 4 is 5.82 Å². The summed E-state index contributed by atoms with van der Waals surface area (Å²) in [5.74, 6) is 0.312. The van der Waals surface area contributed by atoms with Crippen molar-refractivity contribution in [3.63, 3.8) is 0 Å². The van der Waals surface area contributed by atoms with Crippen LogP contribution in [0.3, 0.4) is 0 Å². The van der Waals surface area contributed by atoms with E-state index in [1.54, 1.807) is 11.5 Å². The van der Waals surface area contributed by atoms with Gasteiger partial charge in [0.05, 0.1) is 12.6 Å². The van der Waals surface area contributed by atoms with E-state index in [9.17, 15) is 15.2 Å². The third-order valence-corrected chi connectivity index (χ3v) is 2.98. The molecule has 6 heteroatoms. The second kappa shape index (κ2) is 5.19. The first kappa shape index (κ1) is 13.2. The van der Waals surface area contributed by atoms with E-state index < -0.39 is 11.0 Å². The van der Waals surface area contributed by atoms with Gasteiger partial charge in [0.15, 0.2) is 0 Å². The summed E-state index contributed by atoms with van der Waals surface area (Å²) in [6.07, 6.45) is 0.625. The standard InChI is InChI=1S/C13H15N3O3/c1-9-3-5-11(6-4-9)12(17)7-15-8-13(16(18)19)14-10(15)2/h3-6,8,12,17H,7H2,1-2H3/t12-/m1/s1. The number of aliphatic hydroxyl groups excluding tert-OH is 1. The Hall–Kier alpha value is -2.21. The maximum Gasteiger partial charge on any atom is 0.381 e. The molecule has 6 nitrogen and oxygen atoms in total. The Labute approximate surface area is 110 Å². The van der Waals surface area contributed by atoms with Gasteiger partial charge in [-0.25, -0.2) is 0 Å². The number of nitrogens with zero attached hydrogens (tertiary/aromatic N) is 3. The number of rotatable bonds is 4. The SMILES string of the molecule is Cc1ccc([C@H](O)Cn2cc([N+](=O)[O-])nc2C)cc1. The highest BCUT2D eigenvalue weighted by molar-refractivity contribution is 5.23. The van der Waals surface area contributed by atoms with E-state index in [4.69, 9.17) is 0 Å². The predicted molar refractivity (Wildman–Crippen MR) is 69.8 cm³/mol. The molecule has 1 aromatic heterocycles. The van der Waals surface area contributed by atoms with Crippen LogP contribution >= 0.6 is 0 Å². The lowest BCUT2D eigenvalue weighted by atomic mass is 10.1. The first-order valence-corrected chi connectivity index (χ1v) is 5.90. The molecule has 0 aliphatic heterocycles. The zero-order valence-electron chi connectivity index (χ0n) is 10.8. The van der Waals surface area contributed by atoms with Crippen LogP contribution in [-0.2, 0) is 6.54 Å². The second-order valence-electron chi connectivity index (χ2n) is 4.48. The van der Waals surface area contributed by atoms with Crippen LogP contribution in [0.4, 0.5) is 5.82 Å². The Morgan fingerprint density at radius 2 is 2.00 bits per heavy atom. The fraction of sp³-hybridized carbons (Fsp3) is 0.308. The maximum atomic E-state index is 10.6. The summed E-state index contributed by atoms with van der Waals surface area (Å²) in [5.41, 5.74) is 1.90. The molecule has 100 valence electrons. The quantitative estimate of drug-likeness (QED) is 0.675. The number of hydrogen-bond donors (Lipinski definition) is 1. The van der Waals surface area contributed by atoms with Gasteiger partial charge in [-0.1, -0.05) is 29.8 Å². The molecule has 1 N–H and O–H groups in total. The zero-order valence-corrected chi connectivity index (χ0v) is 10.8. The van der Waals surface area contributed by atoms with Crippen molar-refractivity contribution in [3.8, 4) is 0 Å². The van der Waals surface area contributed by atoms with Gasteiger partial charge in [0, 0.05) is 6.92 Å². The van der Waals surface area contributed by atoms with Gasteiger partial charge in [-0.2, -0.15) is 0 Å². The Bertz CT molecular complexity index is 590. The third-order valence-electron chi connectivity index (χ3n) is 2.98. The Morgan fingerprint density at radius 3 is 2.53 bits per heavy atom. The number of aliphatic hydroxyl groups is 1. The summed E-state index contributed by atoms with van der Waals surface area (Å²) in [7, 11) is 0. The molecule has 2 rings (SSSR count). The van der Waals surface area contributed by atoms with Gasteiger partial charge in [0.25, 0.3) is 0 Å². The van der Waals surface area contributed by atoms with Crippen molar-refractivity contribution < 1.29 is 10.0 Å². The molecule has 0 fully saturated rings.